The first kappa shape index (κ1) is 10.2. The summed E-state index contributed by atoms with van der Waals surface area (Å²) in [5.41, 5.74) is 11.1. The van der Waals surface area contributed by atoms with Gasteiger partial charge in [0.15, 0.2) is 5.78 Å². The van der Waals surface area contributed by atoms with Gasteiger partial charge in [-0.2, -0.15) is 0 Å². The van der Waals surface area contributed by atoms with E-state index in [0.29, 0.717) is 11.1 Å². The molecule has 0 atom stereocenters. The Balaban J connectivity index is 3.00. The maximum absolute atomic E-state index is 11.4. The lowest BCUT2D eigenvalue weighted by atomic mass is 10.1. The molecule has 5 heteroatoms. The highest BCUT2D eigenvalue weighted by molar-refractivity contribution is 6.10. The molecule has 0 aliphatic heterocycles. The normalized spacial score (nSPS) is 10.6. The summed E-state index contributed by atoms with van der Waals surface area (Å²) >= 11 is 0. The molecule has 1 aromatic heterocycles. The molecule has 1 aromatic carbocycles. The van der Waals surface area contributed by atoms with Crippen molar-refractivity contribution in [3.05, 3.63) is 34.2 Å². The molecule has 4 N–H and O–H groups in total. The average molecular weight is 218 g/mol. The van der Waals surface area contributed by atoms with E-state index in [2.05, 4.69) is 0 Å². The summed E-state index contributed by atoms with van der Waals surface area (Å²) in [5, 5.41) is 0.499. The van der Waals surface area contributed by atoms with E-state index in [1.54, 1.807) is 12.1 Å². The minimum atomic E-state index is -0.719. The number of benzene rings is 1. The van der Waals surface area contributed by atoms with Gasteiger partial charge in [0.1, 0.15) is 11.3 Å². The number of ketones is 1. The average Bonchev–Trinajstić information content (AvgIpc) is 2.19. The standard InChI is InChI=1S/C11H10N2O3/c1-5(14)9-7-3-2-6(12)4-8(7)16-11(15)10(9)13/h2-4H,12-13H2,1H3. The number of nitrogens with two attached hydrogens (primary N) is 2. The molecule has 2 aromatic rings. The molecular formula is C11H10N2O3. The topological polar surface area (TPSA) is 99.3 Å². The number of nitrogen functional groups attached to an aromatic ring is 2. The van der Waals surface area contributed by atoms with E-state index in [1.807, 2.05) is 0 Å². The zero-order chi connectivity index (χ0) is 11.9. The van der Waals surface area contributed by atoms with Gasteiger partial charge in [-0.15, -0.1) is 0 Å². The van der Waals surface area contributed by atoms with Gasteiger partial charge in [-0.1, -0.05) is 0 Å². The first-order valence-electron chi connectivity index (χ1n) is 4.63. The maximum Gasteiger partial charge on any atom is 0.360 e. The largest absolute Gasteiger partial charge is 0.421 e. The van der Waals surface area contributed by atoms with Crippen LogP contribution in [0.15, 0.2) is 27.4 Å². The van der Waals surface area contributed by atoms with E-state index in [-0.39, 0.29) is 22.6 Å². The summed E-state index contributed by atoms with van der Waals surface area (Å²) < 4.78 is 4.95. The summed E-state index contributed by atoms with van der Waals surface area (Å²) in [6.07, 6.45) is 0. The molecular weight excluding hydrogens is 208 g/mol. The first-order chi connectivity index (χ1) is 7.50. The predicted octanol–water partition coefficient (Wildman–Crippen LogP) is 1.16. The molecule has 0 aliphatic rings. The van der Waals surface area contributed by atoms with Crippen molar-refractivity contribution in [1.29, 1.82) is 0 Å². The fourth-order valence-electron chi connectivity index (χ4n) is 1.61. The summed E-state index contributed by atoms with van der Waals surface area (Å²) in [6.45, 7) is 1.35. The Labute approximate surface area is 90.7 Å². The molecule has 0 bridgehead atoms. The van der Waals surface area contributed by atoms with Crippen LogP contribution in [0.2, 0.25) is 0 Å². The number of rotatable bonds is 1. The van der Waals surface area contributed by atoms with Crippen molar-refractivity contribution in [2.45, 2.75) is 6.92 Å². The lowest BCUT2D eigenvalue weighted by molar-refractivity contribution is 0.101. The van der Waals surface area contributed by atoms with Crippen LogP contribution in [0.4, 0.5) is 11.4 Å². The highest BCUT2D eigenvalue weighted by Crippen LogP contribution is 2.23. The van der Waals surface area contributed by atoms with E-state index >= 15 is 0 Å². The molecule has 0 radical (unpaired) electrons. The number of anilines is 2. The van der Waals surface area contributed by atoms with Gasteiger partial charge in [0.25, 0.3) is 0 Å². The fourth-order valence-corrected chi connectivity index (χ4v) is 1.61. The highest BCUT2D eigenvalue weighted by atomic mass is 16.4. The molecule has 82 valence electrons. The van der Waals surface area contributed by atoms with Crippen molar-refractivity contribution in [3.63, 3.8) is 0 Å². The minimum Gasteiger partial charge on any atom is -0.421 e. The lowest BCUT2D eigenvalue weighted by Gasteiger charge is -2.05. The number of Topliss-reactive ketones (excluding diaryl/α,β-unsaturated/α-hetero) is 1. The van der Waals surface area contributed by atoms with Gasteiger partial charge in [-0.3, -0.25) is 4.79 Å². The van der Waals surface area contributed by atoms with Gasteiger partial charge in [-0.05, 0) is 19.1 Å². The third kappa shape index (κ3) is 1.42. The van der Waals surface area contributed by atoms with E-state index < -0.39 is 5.63 Å². The summed E-state index contributed by atoms with van der Waals surface area (Å²) in [5.74, 6) is -0.278. The number of hydrogen-bond donors (Lipinski definition) is 2. The van der Waals surface area contributed by atoms with Gasteiger partial charge in [0.2, 0.25) is 0 Å². The highest BCUT2D eigenvalue weighted by Gasteiger charge is 2.15. The SMILES string of the molecule is CC(=O)c1c(N)c(=O)oc2cc(N)ccc12. The zero-order valence-electron chi connectivity index (χ0n) is 8.61. The second kappa shape index (κ2) is 3.37. The molecule has 0 amide bonds. The molecule has 0 fully saturated rings. The van der Waals surface area contributed by atoms with Crippen molar-refractivity contribution in [1.82, 2.24) is 0 Å². The fraction of sp³-hybridized carbons (Fsp3) is 0.0909. The second-order valence-corrected chi connectivity index (χ2v) is 3.49. The van der Waals surface area contributed by atoms with Gasteiger partial charge in [0, 0.05) is 17.1 Å². The summed E-state index contributed by atoms with van der Waals surface area (Å²) in [6, 6.07) is 4.72. The third-order valence-electron chi connectivity index (χ3n) is 2.32. The van der Waals surface area contributed by atoms with Crippen molar-refractivity contribution in [2.75, 3.05) is 11.5 Å². The van der Waals surface area contributed by atoms with Crippen molar-refractivity contribution >= 4 is 28.1 Å². The monoisotopic (exact) mass is 218 g/mol. The van der Waals surface area contributed by atoms with Gasteiger partial charge < -0.3 is 15.9 Å². The first-order valence-corrected chi connectivity index (χ1v) is 4.63. The Morgan fingerprint density at radius 1 is 1.31 bits per heavy atom. The van der Waals surface area contributed by atoms with Crippen molar-refractivity contribution < 1.29 is 9.21 Å². The van der Waals surface area contributed by atoms with Crippen molar-refractivity contribution in [2.24, 2.45) is 0 Å². The third-order valence-corrected chi connectivity index (χ3v) is 2.32. The number of fused-ring (bicyclic) bond motifs is 1. The minimum absolute atomic E-state index is 0.162. The molecule has 16 heavy (non-hydrogen) atoms. The van der Waals surface area contributed by atoms with E-state index in [0.717, 1.165) is 0 Å². The van der Waals surface area contributed by atoms with Crippen LogP contribution in [0.5, 0.6) is 0 Å². The Morgan fingerprint density at radius 3 is 2.62 bits per heavy atom. The van der Waals surface area contributed by atoms with Crippen molar-refractivity contribution in [3.8, 4) is 0 Å². The molecule has 0 saturated heterocycles. The number of hydrogen-bond acceptors (Lipinski definition) is 5. The van der Waals surface area contributed by atoms with Crippen LogP contribution in [0, 0.1) is 0 Å². The van der Waals surface area contributed by atoms with Crippen LogP contribution in [-0.2, 0) is 0 Å². The summed E-state index contributed by atoms with van der Waals surface area (Å²) in [4.78, 5) is 22.8. The number of carbonyl (C=O) groups excluding carboxylic acids is 1. The van der Waals surface area contributed by atoms with Gasteiger partial charge in [0.05, 0.1) is 5.56 Å². The van der Waals surface area contributed by atoms with Crippen LogP contribution in [0.3, 0.4) is 0 Å². The quantitative estimate of drug-likeness (QED) is 0.425. The Kier molecular flexibility index (Phi) is 2.16. The van der Waals surface area contributed by atoms with Crippen LogP contribution < -0.4 is 17.1 Å². The van der Waals surface area contributed by atoms with E-state index in [4.69, 9.17) is 15.9 Å². The van der Waals surface area contributed by atoms with Gasteiger partial charge in [-0.25, -0.2) is 4.79 Å². The van der Waals surface area contributed by atoms with E-state index in [9.17, 15) is 9.59 Å². The Bertz CT molecular complexity index is 643. The molecule has 5 nitrogen and oxygen atoms in total. The molecule has 0 spiro atoms. The molecule has 2 rings (SSSR count). The van der Waals surface area contributed by atoms with E-state index in [1.165, 1.54) is 13.0 Å². The van der Waals surface area contributed by atoms with Crippen LogP contribution >= 0.6 is 0 Å². The molecule has 0 saturated carbocycles. The molecule has 0 aliphatic carbocycles. The number of carbonyl (C=O) groups is 1. The van der Waals surface area contributed by atoms with Crippen LogP contribution in [0.1, 0.15) is 17.3 Å². The Morgan fingerprint density at radius 2 is 2.00 bits per heavy atom. The predicted molar refractivity (Wildman–Crippen MR) is 61.3 cm³/mol. The molecule has 1 heterocycles. The Hall–Kier alpha value is -2.30. The lowest BCUT2D eigenvalue weighted by Crippen LogP contribution is -2.13. The smallest absolute Gasteiger partial charge is 0.360 e. The summed E-state index contributed by atoms with van der Waals surface area (Å²) in [7, 11) is 0. The molecule has 0 unspecified atom stereocenters. The second-order valence-electron chi connectivity index (χ2n) is 3.49. The van der Waals surface area contributed by atoms with Gasteiger partial charge >= 0.3 is 5.63 Å². The maximum atomic E-state index is 11.4. The van der Waals surface area contributed by atoms with Crippen LogP contribution in [-0.4, -0.2) is 5.78 Å². The zero-order valence-corrected chi connectivity index (χ0v) is 8.61. The van der Waals surface area contributed by atoms with Crippen LogP contribution in [0.25, 0.3) is 11.0 Å².